The molecular formula is C13H13N3O4. The van der Waals surface area contributed by atoms with E-state index in [9.17, 15) is 14.7 Å². The van der Waals surface area contributed by atoms with Crippen LogP contribution in [0.3, 0.4) is 0 Å². The molecule has 0 saturated heterocycles. The second kappa shape index (κ2) is 5.54. The minimum atomic E-state index is -1.31. The number of nitrogens with zero attached hydrogens (tertiary/aromatic N) is 1. The smallest absolute Gasteiger partial charge is 0.336 e. The molecule has 7 nitrogen and oxygen atoms in total. The summed E-state index contributed by atoms with van der Waals surface area (Å²) in [5, 5.41) is 21.6. The number of nitrogens with two attached hydrogens (primary N) is 1. The van der Waals surface area contributed by atoms with Crippen LogP contribution in [0.1, 0.15) is 10.4 Å². The molecule has 1 atom stereocenters. The molecule has 0 aliphatic heterocycles. The average molecular weight is 275 g/mol. The first kappa shape index (κ1) is 13.8. The summed E-state index contributed by atoms with van der Waals surface area (Å²) in [7, 11) is 0. The standard InChI is InChI=1S/C13H13N3O4/c14-12(18)10(17)6-15-11-5-4-7-8(13(19)20)2-1-3-9(7)16-11/h1-5,10,17H,6H2,(H2,14,18)(H,15,16)(H,19,20). The first-order valence-electron chi connectivity index (χ1n) is 5.83. The van der Waals surface area contributed by atoms with Crippen molar-refractivity contribution in [1.82, 2.24) is 4.98 Å². The molecule has 1 unspecified atom stereocenters. The highest BCUT2D eigenvalue weighted by Crippen LogP contribution is 2.19. The van der Waals surface area contributed by atoms with E-state index < -0.39 is 18.0 Å². The third-order valence-corrected chi connectivity index (χ3v) is 2.77. The number of aromatic nitrogens is 1. The van der Waals surface area contributed by atoms with Crippen molar-refractivity contribution in [2.24, 2.45) is 5.73 Å². The number of hydrogen-bond donors (Lipinski definition) is 4. The van der Waals surface area contributed by atoms with Gasteiger partial charge in [-0.15, -0.1) is 0 Å². The van der Waals surface area contributed by atoms with Crippen molar-refractivity contribution in [1.29, 1.82) is 0 Å². The van der Waals surface area contributed by atoms with E-state index in [0.717, 1.165) is 0 Å². The second-order valence-electron chi connectivity index (χ2n) is 4.17. The summed E-state index contributed by atoms with van der Waals surface area (Å²) in [6.07, 6.45) is -1.31. The topological polar surface area (TPSA) is 126 Å². The molecule has 0 saturated carbocycles. The number of fused-ring (bicyclic) bond motifs is 1. The van der Waals surface area contributed by atoms with Gasteiger partial charge in [-0.3, -0.25) is 4.79 Å². The van der Waals surface area contributed by atoms with Gasteiger partial charge in [-0.1, -0.05) is 6.07 Å². The fourth-order valence-electron chi connectivity index (χ4n) is 1.74. The molecule has 104 valence electrons. The molecule has 1 aromatic carbocycles. The van der Waals surface area contributed by atoms with Gasteiger partial charge in [0, 0.05) is 5.39 Å². The molecule has 7 heteroatoms. The third kappa shape index (κ3) is 2.83. The molecule has 1 aromatic heterocycles. The van der Waals surface area contributed by atoms with E-state index >= 15 is 0 Å². The van der Waals surface area contributed by atoms with E-state index in [-0.39, 0.29) is 12.1 Å². The summed E-state index contributed by atoms with van der Waals surface area (Å²) in [6, 6.07) is 7.96. The maximum atomic E-state index is 11.1. The van der Waals surface area contributed by atoms with Crippen LogP contribution in [0.2, 0.25) is 0 Å². The normalized spacial score (nSPS) is 12.1. The fraction of sp³-hybridized carbons (Fsp3) is 0.154. The van der Waals surface area contributed by atoms with Crippen LogP contribution in [-0.4, -0.2) is 39.7 Å². The van der Waals surface area contributed by atoms with Gasteiger partial charge >= 0.3 is 5.97 Å². The number of carboxylic acids is 1. The third-order valence-electron chi connectivity index (χ3n) is 2.77. The number of amides is 1. The van der Waals surface area contributed by atoms with Gasteiger partial charge in [-0.05, 0) is 24.3 Å². The average Bonchev–Trinajstić information content (AvgIpc) is 2.43. The fourth-order valence-corrected chi connectivity index (χ4v) is 1.74. The number of pyridine rings is 1. The summed E-state index contributed by atoms with van der Waals surface area (Å²) >= 11 is 0. The van der Waals surface area contributed by atoms with Gasteiger partial charge in [0.25, 0.3) is 0 Å². The molecular weight excluding hydrogens is 262 g/mol. The Morgan fingerprint density at radius 1 is 1.30 bits per heavy atom. The van der Waals surface area contributed by atoms with Crippen molar-refractivity contribution < 1.29 is 19.8 Å². The lowest BCUT2D eigenvalue weighted by molar-refractivity contribution is -0.125. The molecule has 0 aliphatic carbocycles. The number of carbonyl (C=O) groups is 2. The van der Waals surface area contributed by atoms with Crippen molar-refractivity contribution in [2.75, 3.05) is 11.9 Å². The number of anilines is 1. The SMILES string of the molecule is NC(=O)C(O)CNc1ccc2c(C(=O)O)cccc2n1. The van der Waals surface area contributed by atoms with Crippen LogP contribution in [0.15, 0.2) is 30.3 Å². The quantitative estimate of drug-likeness (QED) is 0.617. The van der Waals surface area contributed by atoms with Crippen molar-refractivity contribution in [3.63, 3.8) is 0 Å². The molecule has 2 rings (SSSR count). The van der Waals surface area contributed by atoms with Crippen molar-refractivity contribution in [3.05, 3.63) is 35.9 Å². The Balaban J connectivity index is 2.26. The number of rotatable bonds is 5. The zero-order valence-electron chi connectivity index (χ0n) is 10.4. The predicted octanol–water partition coefficient (Wildman–Crippen LogP) is 0.191. The minimum absolute atomic E-state index is 0.0630. The van der Waals surface area contributed by atoms with Crippen LogP contribution in [0.5, 0.6) is 0 Å². The molecule has 1 amide bonds. The number of aromatic carboxylic acids is 1. The van der Waals surface area contributed by atoms with Crippen LogP contribution < -0.4 is 11.1 Å². The van der Waals surface area contributed by atoms with E-state index in [4.69, 9.17) is 10.8 Å². The second-order valence-corrected chi connectivity index (χ2v) is 4.17. The van der Waals surface area contributed by atoms with Gasteiger partial charge in [0.2, 0.25) is 5.91 Å². The molecule has 0 spiro atoms. The summed E-state index contributed by atoms with van der Waals surface area (Å²) in [4.78, 5) is 26.0. The van der Waals surface area contributed by atoms with Crippen LogP contribution in [0, 0.1) is 0 Å². The minimum Gasteiger partial charge on any atom is -0.478 e. The van der Waals surface area contributed by atoms with Gasteiger partial charge in [-0.2, -0.15) is 0 Å². The number of carboxylic acid groups (broad SMARTS) is 1. The summed E-state index contributed by atoms with van der Waals surface area (Å²) in [5.41, 5.74) is 5.60. The van der Waals surface area contributed by atoms with Crippen LogP contribution in [0.25, 0.3) is 10.9 Å². The number of primary amides is 1. The van der Waals surface area contributed by atoms with Crippen molar-refractivity contribution in [2.45, 2.75) is 6.10 Å². The van der Waals surface area contributed by atoms with Gasteiger partial charge < -0.3 is 21.3 Å². The Labute approximate surface area is 114 Å². The number of nitrogens with one attached hydrogen (secondary N) is 1. The maximum absolute atomic E-state index is 11.1. The number of hydrogen-bond acceptors (Lipinski definition) is 5. The zero-order chi connectivity index (χ0) is 14.7. The van der Waals surface area contributed by atoms with Crippen LogP contribution in [-0.2, 0) is 4.79 Å². The first-order valence-corrected chi connectivity index (χ1v) is 5.83. The van der Waals surface area contributed by atoms with E-state index in [0.29, 0.717) is 16.7 Å². The Morgan fingerprint density at radius 2 is 2.05 bits per heavy atom. The first-order chi connectivity index (χ1) is 9.49. The summed E-state index contributed by atoms with van der Waals surface area (Å²) in [6.45, 7) is -0.0630. The number of carbonyl (C=O) groups excluding carboxylic acids is 1. The molecule has 0 radical (unpaired) electrons. The lowest BCUT2D eigenvalue weighted by atomic mass is 10.1. The lowest BCUT2D eigenvalue weighted by Gasteiger charge is -2.10. The molecule has 0 bridgehead atoms. The van der Waals surface area contributed by atoms with E-state index in [1.807, 2.05) is 0 Å². The Kier molecular flexibility index (Phi) is 3.81. The zero-order valence-corrected chi connectivity index (χ0v) is 10.4. The largest absolute Gasteiger partial charge is 0.478 e. The maximum Gasteiger partial charge on any atom is 0.336 e. The Hall–Kier alpha value is -2.67. The Morgan fingerprint density at radius 3 is 2.70 bits per heavy atom. The van der Waals surface area contributed by atoms with E-state index in [1.54, 1.807) is 24.3 Å². The number of benzene rings is 1. The highest BCUT2D eigenvalue weighted by Gasteiger charge is 2.12. The van der Waals surface area contributed by atoms with Gasteiger partial charge in [-0.25, -0.2) is 9.78 Å². The molecule has 0 aliphatic rings. The van der Waals surface area contributed by atoms with E-state index in [2.05, 4.69) is 10.3 Å². The number of aliphatic hydroxyl groups excluding tert-OH is 1. The summed E-state index contributed by atoms with van der Waals surface area (Å²) < 4.78 is 0. The van der Waals surface area contributed by atoms with Crippen LogP contribution in [0.4, 0.5) is 5.82 Å². The predicted molar refractivity (Wildman–Crippen MR) is 72.4 cm³/mol. The monoisotopic (exact) mass is 275 g/mol. The lowest BCUT2D eigenvalue weighted by Crippen LogP contribution is -2.34. The Bertz CT molecular complexity index is 672. The van der Waals surface area contributed by atoms with Crippen LogP contribution >= 0.6 is 0 Å². The molecule has 0 fully saturated rings. The molecule has 20 heavy (non-hydrogen) atoms. The van der Waals surface area contributed by atoms with Gasteiger partial charge in [0.05, 0.1) is 17.6 Å². The number of aliphatic hydroxyl groups is 1. The molecule has 5 N–H and O–H groups in total. The highest BCUT2D eigenvalue weighted by molar-refractivity contribution is 6.02. The molecule has 1 heterocycles. The summed E-state index contributed by atoms with van der Waals surface area (Å²) in [5.74, 6) is -1.44. The van der Waals surface area contributed by atoms with Crippen molar-refractivity contribution >= 4 is 28.6 Å². The van der Waals surface area contributed by atoms with Gasteiger partial charge in [0.15, 0.2) is 0 Å². The van der Waals surface area contributed by atoms with E-state index in [1.165, 1.54) is 6.07 Å². The van der Waals surface area contributed by atoms with Crippen molar-refractivity contribution in [3.8, 4) is 0 Å². The van der Waals surface area contributed by atoms with Gasteiger partial charge in [0.1, 0.15) is 11.9 Å². The molecule has 2 aromatic rings. The highest BCUT2D eigenvalue weighted by atomic mass is 16.4.